The third kappa shape index (κ3) is 6.41. The van der Waals surface area contributed by atoms with Crippen molar-refractivity contribution < 1.29 is 29.0 Å². The SMILES string of the molecule is COC(=O)CC(O)COc1ccc(C(=O)N2c3ccccc3C(N(C(C)=O)c3ccc(Cl)cc3)CC2C)cc1. The van der Waals surface area contributed by atoms with Crippen LogP contribution in [-0.4, -0.2) is 48.8 Å². The van der Waals surface area contributed by atoms with E-state index in [9.17, 15) is 19.5 Å². The lowest BCUT2D eigenvalue weighted by Crippen LogP contribution is -2.47. The number of rotatable bonds is 8. The normalized spacial score (nSPS) is 17.1. The molecular weight excluding hydrogens is 520 g/mol. The maximum Gasteiger partial charge on any atom is 0.308 e. The number of amides is 2. The Labute approximate surface area is 232 Å². The number of hydrogen-bond acceptors (Lipinski definition) is 6. The quantitative estimate of drug-likeness (QED) is 0.388. The molecule has 3 aromatic rings. The van der Waals surface area contributed by atoms with Crippen LogP contribution in [0.3, 0.4) is 0 Å². The first-order chi connectivity index (χ1) is 18.7. The summed E-state index contributed by atoms with van der Waals surface area (Å²) in [4.78, 5) is 41.4. The Morgan fingerprint density at radius 1 is 1.05 bits per heavy atom. The van der Waals surface area contributed by atoms with Crippen LogP contribution in [-0.2, 0) is 14.3 Å². The zero-order valence-corrected chi connectivity index (χ0v) is 22.8. The zero-order chi connectivity index (χ0) is 28.1. The first-order valence-corrected chi connectivity index (χ1v) is 13.0. The number of aliphatic hydroxyl groups is 1. The van der Waals surface area contributed by atoms with Crippen molar-refractivity contribution in [2.45, 2.75) is 44.9 Å². The fourth-order valence-electron chi connectivity index (χ4n) is 4.88. The highest BCUT2D eigenvalue weighted by molar-refractivity contribution is 6.30. The number of ether oxygens (including phenoxy) is 2. The summed E-state index contributed by atoms with van der Waals surface area (Å²) in [5.74, 6) is -0.338. The maximum atomic E-state index is 13.7. The van der Waals surface area contributed by atoms with E-state index < -0.39 is 12.1 Å². The predicted octanol–water partition coefficient (Wildman–Crippen LogP) is 5.18. The number of halogens is 1. The molecule has 0 aliphatic carbocycles. The zero-order valence-electron chi connectivity index (χ0n) is 22.0. The summed E-state index contributed by atoms with van der Waals surface area (Å²) in [6, 6.07) is 21.0. The van der Waals surface area contributed by atoms with E-state index in [4.69, 9.17) is 16.3 Å². The lowest BCUT2D eigenvalue weighted by molar-refractivity contribution is -0.143. The monoisotopic (exact) mass is 550 g/mol. The van der Waals surface area contributed by atoms with Crippen molar-refractivity contribution in [3.8, 4) is 5.75 Å². The van der Waals surface area contributed by atoms with Crippen LogP contribution < -0.4 is 14.5 Å². The van der Waals surface area contributed by atoms with Gasteiger partial charge in [-0.05, 0) is 73.5 Å². The molecule has 1 heterocycles. The van der Waals surface area contributed by atoms with Gasteiger partial charge in [0.2, 0.25) is 5.91 Å². The number of para-hydroxylation sites is 1. The number of fused-ring (bicyclic) bond motifs is 1. The van der Waals surface area contributed by atoms with Gasteiger partial charge in [0.25, 0.3) is 5.91 Å². The van der Waals surface area contributed by atoms with Crippen molar-refractivity contribution >= 4 is 40.8 Å². The predicted molar refractivity (Wildman–Crippen MR) is 149 cm³/mol. The molecule has 3 unspecified atom stereocenters. The maximum absolute atomic E-state index is 13.7. The van der Waals surface area contributed by atoms with Gasteiger partial charge < -0.3 is 24.4 Å². The summed E-state index contributed by atoms with van der Waals surface area (Å²) < 4.78 is 10.1. The van der Waals surface area contributed by atoms with Gasteiger partial charge in [0.05, 0.1) is 25.7 Å². The van der Waals surface area contributed by atoms with Gasteiger partial charge in [0.1, 0.15) is 12.4 Å². The van der Waals surface area contributed by atoms with E-state index in [0.717, 1.165) is 16.9 Å². The van der Waals surface area contributed by atoms with Gasteiger partial charge in [0.15, 0.2) is 0 Å². The molecule has 1 aliphatic rings. The second-order valence-corrected chi connectivity index (χ2v) is 9.91. The highest BCUT2D eigenvalue weighted by atomic mass is 35.5. The van der Waals surface area contributed by atoms with E-state index in [1.54, 1.807) is 46.2 Å². The van der Waals surface area contributed by atoms with E-state index >= 15 is 0 Å². The number of aliphatic hydroxyl groups excluding tert-OH is 1. The van der Waals surface area contributed by atoms with Crippen molar-refractivity contribution in [1.29, 1.82) is 0 Å². The molecule has 2 amide bonds. The molecule has 9 heteroatoms. The molecule has 0 saturated heterocycles. The molecule has 39 heavy (non-hydrogen) atoms. The molecule has 1 aliphatic heterocycles. The van der Waals surface area contributed by atoms with Crippen LogP contribution in [0.1, 0.15) is 48.7 Å². The summed E-state index contributed by atoms with van der Waals surface area (Å²) in [6.07, 6.45) is -0.622. The average molecular weight is 551 g/mol. The Balaban J connectivity index is 1.56. The molecular formula is C30H31ClN2O6. The molecule has 1 N–H and O–H groups in total. The molecule has 0 radical (unpaired) electrons. The van der Waals surface area contributed by atoms with Gasteiger partial charge in [0, 0.05) is 34.9 Å². The Kier molecular flexibility index (Phi) is 8.89. The Morgan fingerprint density at radius 2 is 1.72 bits per heavy atom. The summed E-state index contributed by atoms with van der Waals surface area (Å²) in [6.45, 7) is 3.43. The van der Waals surface area contributed by atoms with Crippen LogP contribution in [0.2, 0.25) is 5.02 Å². The van der Waals surface area contributed by atoms with Gasteiger partial charge in [-0.2, -0.15) is 0 Å². The molecule has 3 aromatic carbocycles. The fraction of sp³-hybridized carbons (Fsp3) is 0.300. The van der Waals surface area contributed by atoms with Crippen molar-refractivity contribution in [1.82, 2.24) is 0 Å². The highest BCUT2D eigenvalue weighted by Crippen LogP contribution is 2.43. The molecule has 0 spiro atoms. The fourth-order valence-corrected chi connectivity index (χ4v) is 5.00. The van der Waals surface area contributed by atoms with E-state index in [1.165, 1.54) is 14.0 Å². The standard InChI is InChI=1S/C30H31ClN2O6/c1-19-16-28(33(20(2)34)23-12-10-22(31)11-13-23)26-6-4-5-7-27(26)32(19)30(37)21-8-14-25(15-9-21)39-18-24(35)17-29(36)38-3/h4-15,19,24,28,35H,16-18H2,1-3H3. The van der Waals surface area contributed by atoms with Crippen LogP contribution in [0, 0.1) is 0 Å². The van der Waals surface area contributed by atoms with Gasteiger partial charge >= 0.3 is 5.97 Å². The number of anilines is 2. The lowest BCUT2D eigenvalue weighted by Gasteiger charge is -2.43. The third-order valence-electron chi connectivity index (χ3n) is 6.71. The van der Waals surface area contributed by atoms with Crippen molar-refractivity contribution in [2.75, 3.05) is 23.5 Å². The number of methoxy groups -OCH3 is 1. The third-order valence-corrected chi connectivity index (χ3v) is 6.96. The number of esters is 1. The molecule has 0 saturated carbocycles. The van der Waals surface area contributed by atoms with E-state index in [0.29, 0.717) is 22.8 Å². The molecule has 8 nitrogen and oxygen atoms in total. The van der Waals surface area contributed by atoms with Crippen LogP contribution in [0.25, 0.3) is 0 Å². The topological polar surface area (TPSA) is 96.4 Å². The summed E-state index contributed by atoms with van der Waals surface area (Å²) in [5.41, 5.74) is 2.84. The minimum absolute atomic E-state index is 0.0828. The highest BCUT2D eigenvalue weighted by Gasteiger charge is 2.38. The van der Waals surface area contributed by atoms with Crippen molar-refractivity contribution in [3.05, 3.63) is 88.9 Å². The second-order valence-electron chi connectivity index (χ2n) is 9.47. The molecule has 0 aromatic heterocycles. The Morgan fingerprint density at radius 3 is 2.36 bits per heavy atom. The van der Waals surface area contributed by atoms with E-state index in [-0.39, 0.29) is 36.9 Å². The van der Waals surface area contributed by atoms with Gasteiger partial charge in [-0.15, -0.1) is 0 Å². The number of carbonyl (C=O) groups excluding carboxylic acids is 3. The number of benzene rings is 3. The first-order valence-electron chi connectivity index (χ1n) is 12.6. The summed E-state index contributed by atoms with van der Waals surface area (Å²) >= 11 is 6.08. The molecule has 3 atom stereocenters. The smallest absolute Gasteiger partial charge is 0.308 e. The second kappa shape index (κ2) is 12.3. The van der Waals surface area contributed by atoms with Crippen LogP contribution in [0.5, 0.6) is 5.75 Å². The molecule has 4 rings (SSSR count). The van der Waals surface area contributed by atoms with E-state index in [2.05, 4.69) is 4.74 Å². The molecule has 0 bridgehead atoms. The minimum Gasteiger partial charge on any atom is -0.491 e. The molecule has 204 valence electrons. The lowest BCUT2D eigenvalue weighted by atomic mass is 9.89. The average Bonchev–Trinajstić information content (AvgIpc) is 2.93. The van der Waals surface area contributed by atoms with Crippen molar-refractivity contribution in [3.63, 3.8) is 0 Å². The Hall–Kier alpha value is -3.88. The van der Waals surface area contributed by atoms with Crippen LogP contribution in [0.4, 0.5) is 11.4 Å². The van der Waals surface area contributed by atoms with Crippen LogP contribution in [0.15, 0.2) is 72.8 Å². The number of hydrogen-bond donors (Lipinski definition) is 1. The summed E-state index contributed by atoms with van der Waals surface area (Å²) in [5, 5.41) is 10.5. The minimum atomic E-state index is -1.00. The van der Waals surface area contributed by atoms with Crippen LogP contribution >= 0.6 is 11.6 Å². The largest absolute Gasteiger partial charge is 0.491 e. The first kappa shape index (κ1) is 28.1. The molecule has 0 fully saturated rings. The number of nitrogens with zero attached hydrogens (tertiary/aromatic N) is 2. The van der Waals surface area contributed by atoms with Gasteiger partial charge in [-0.1, -0.05) is 29.8 Å². The van der Waals surface area contributed by atoms with E-state index in [1.807, 2.05) is 43.3 Å². The van der Waals surface area contributed by atoms with Gasteiger partial charge in [-0.3, -0.25) is 14.4 Å². The summed E-state index contributed by atoms with van der Waals surface area (Å²) in [7, 11) is 1.26. The van der Waals surface area contributed by atoms with Gasteiger partial charge in [-0.25, -0.2) is 0 Å². The Bertz CT molecular complexity index is 1330. The number of carbonyl (C=O) groups is 3. The van der Waals surface area contributed by atoms with Crippen molar-refractivity contribution in [2.24, 2.45) is 0 Å².